The van der Waals surface area contributed by atoms with Gasteiger partial charge >= 0.3 is 0 Å². The minimum Gasteiger partial charge on any atom is -0.117 e. The van der Waals surface area contributed by atoms with Crippen LogP contribution in [0.15, 0.2) is 18.2 Å². The highest BCUT2D eigenvalue weighted by molar-refractivity contribution is 6.34. The smallest absolute Gasteiger partial charge is 0.0631 e. The lowest BCUT2D eigenvalue weighted by Gasteiger charge is -2.22. The van der Waals surface area contributed by atoms with Gasteiger partial charge in [0.15, 0.2) is 0 Å². The fourth-order valence-electron chi connectivity index (χ4n) is 2.57. The summed E-state index contributed by atoms with van der Waals surface area (Å²) in [7, 11) is 0. The van der Waals surface area contributed by atoms with E-state index < -0.39 is 0 Å². The van der Waals surface area contributed by atoms with Gasteiger partial charge in [-0.1, -0.05) is 43.0 Å². The van der Waals surface area contributed by atoms with Gasteiger partial charge in [-0.3, -0.25) is 0 Å². The minimum atomic E-state index is -0.0105. The molecule has 3 heteroatoms. The Balaban J connectivity index is 2.25. The third-order valence-electron chi connectivity index (χ3n) is 3.56. The molecule has 0 saturated heterocycles. The van der Waals surface area contributed by atoms with Gasteiger partial charge in [-0.25, -0.2) is 0 Å². The van der Waals surface area contributed by atoms with Crippen molar-refractivity contribution in [2.24, 2.45) is 11.8 Å². The molecule has 16 heavy (non-hydrogen) atoms. The number of benzene rings is 1. The first kappa shape index (κ1) is 12.5. The molecule has 0 aromatic heterocycles. The molecule has 1 aromatic carbocycles. The molecule has 88 valence electrons. The molecule has 0 aliphatic heterocycles. The Morgan fingerprint density at radius 2 is 2.00 bits per heavy atom. The SMILES string of the molecule is CC1CCCC1C(Cl)c1cc(Cl)ccc1Cl. The van der Waals surface area contributed by atoms with E-state index in [1.807, 2.05) is 12.1 Å². The zero-order valence-corrected chi connectivity index (χ0v) is 11.5. The Bertz CT molecular complexity index is 375. The summed E-state index contributed by atoms with van der Waals surface area (Å²) in [5.41, 5.74) is 0.981. The van der Waals surface area contributed by atoms with Crippen LogP contribution in [-0.4, -0.2) is 0 Å². The number of alkyl halides is 1. The van der Waals surface area contributed by atoms with Crippen molar-refractivity contribution in [1.29, 1.82) is 0 Å². The van der Waals surface area contributed by atoms with Crippen LogP contribution in [0.5, 0.6) is 0 Å². The molecule has 1 aliphatic carbocycles. The lowest BCUT2D eigenvalue weighted by Crippen LogP contribution is -2.11. The molecule has 2 rings (SSSR count). The average Bonchev–Trinajstić information content (AvgIpc) is 2.67. The first-order valence-electron chi connectivity index (χ1n) is 5.68. The zero-order chi connectivity index (χ0) is 11.7. The van der Waals surface area contributed by atoms with Crippen LogP contribution in [0.4, 0.5) is 0 Å². The topological polar surface area (TPSA) is 0 Å². The Kier molecular flexibility index (Phi) is 4.05. The molecule has 3 unspecified atom stereocenters. The fourth-order valence-corrected chi connectivity index (χ4v) is 3.59. The molecule has 0 N–H and O–H groups in total. The highest BCUT2D eigenvalue weighted by Gasteiger charge is 2.31. The molecule has 0 heterocycles. The normalized spacial score (nSPS) is 27.0. The van der Waals surface area contributed by atoms with Gasteiger partial charge in [-0.05, 0) is 42.0 Å². The van der Waals surface area contributed by atoms with Gasteiger partial charge < -0.3 is 0 Å². The molecule has 1 saturated carbocycles. The minimum absolute atomic E-state index is 0.0105. The van der Waals surface area contributed by atoms with Crippen molar-refractivity contribution in [3.8, 4) is 0 Å². The van der Waals surface area contributed by atoms with E-state index >= 15 is 0 Å². The molecular formula is C13H15Cl3. The second kappa shape index (κ2) is 5.16. The van der Waals surface area contributed by atoms with E-state index in [-0.39, 0.29) is 5.38 Å². The Morgan fingerprint density at radius 3 is 2.62 bits per heavy atom. The monoisotopic (exact) mass is 276 g/mol. The molecule has 0 spiro atoms. The van der Waals surface area contributed by atoms with Crippen molar-refractivity contribution in [2.45, 2.75) is 31.6 Å². The van der Waals surface area contributed by atoms with Crippen molar-refractivity contribution in [3.05, 3.63) is 33.8 Å². The lowest BCUT2D eigenvalue weighted by molar-refractivity contribution is 0.406. The Morgan fingerprint density at radius 1 is 1.25 bits per heavy atom. The predicted octanol–water partition coefficient (Wildman–Crippen LogP) is 5.71. The quantitative estimate of drug-likeness (QED) is 0.607. The van der Waals surface area contributed by atoms with Crippen molar-refractivity contribution in [3.63, 3.8) is 0 Å². The van der Waals surface area contributed by atoms with Crippen LogP contribution in [0, 0.1) is 11.8 Å². The maximum Gasteiger partial charge on any atom is 0.0631 e. The Labute approximate surface area is 112 Å². The summed E-state index contributed by atoms with van der Waals surface area (Å²) in [5.74, 6) is 1.20. The van der Waals surface area contributed by atoms with E-state index in [1.165, 1.54) is 19.3 Å². The summed E-state index contributed by atoms with van der Waals surface area (Å²) in [4.78, 5) is 0. The van der Waals surface area contributed by atoms with E-state index in [9.17, 15) is 0 Å². The number of halogens is 3. The summed E-state index contributed by atoms with van der Waals surface area (Å²) >= 11 is 18.7. The zero-order valence-electron chi connectivity index (χ0n) is 9.22. The molecule has 3 atom stereocenters. The van der Waals surface area contributed by atoms with E-state index in [1.54, 1.807) is 6.07 Å². The van der Waals surface area contributed by atoms with Gasteiger partial charge in [-0.2, -0.15) is 0 Å². The molecule has 0 amide bonds. The van der Waals surface area contributed by atoms with Crippen LogP contribution in [0.3, 0.4) is 0 Å². The number of hydrogen-bond donors (Lipinski definition) is 0. The Hall–Kier alpha value is 0.0900. The van der Waals surface area contributed by atoms with Gasteiger partial charge in [-0.15, -0.1) is 11.6 Å². The van der Waals surface area contributed by atoms with E-state index in [2.05, 4.69) is 6.92 Å². The van der Waals surface area contributed by atoms with Crippen LogP contribution in [0.25, 0.3) is 0 Å². The van der Waals surface area contributed by atoms with Gasteiger partial charge in [0.25, 0.3) is 0 Å². The van der Waals surface area contributed by atoms with Crippen LogP contribution < -0.4 is 0 Å². The molecule has 1 aliphatic rings. The third-order valence-corrected chi connectivity index (χ3v) is 4.70. The van der Waals surface area contributed by atoms with Gasteiger partial charge in [0.05, 0.1) is 5.38 Å². The fraction of sp³-hybridized carbons (Fsp3) is 0.538. The first-order chi connectivity index (χ1) is 7.59. The molecule has 0 radical (unpaired) electrons. The first-order valence-corrected chi connectivity index (χ1v) is 6.88. The van der Waals surface area contributed by atoms with Crippen molar-refractivity contribution < 1.29 is 0 Å². The van der Waals surface area contributed by atoms with E-state index in [0.717, 1.165) is 10.6 Å². The predicted molar refractivity (Wildman–Crippen MR) is 71.6 cm³/mol. The summed E-state index contributed by atoms with van der Waals surface area (Å²) in [6.45, 7) is 2.27. The maximum absolute atomic E-state index is 6.54. The molecule has 1 fully saturated rings. The van der Waals surface area contributed by atoms with E-state index in [4.69, 9.17) is 34.8 Å². The third kappa shape index (κ3) is 2.50. The lowest BCUT2D eigenvalue weighted by atomic mass is 9.90. The van der Waals surface area contributed by atoms with Crippen LogP contribution in [0.2, 0.25) is 10.0 Å². The van der Waals surface area contributed by atoms with Crippen LogP contribution >= 0.6 is 34.8 Å². The summed E-state index contributed by atoms with van der Waals surface area (Å²) < 4.78 is 0. The standard InChI is InChI=1S/C13H15Cl3/c1-8-3-2-4-10(8)13(16)11-7-9(14)5-6-12(11)15/h5-8,10,13H,2-4H2,1H3. The van der Waals surface area contributed by atoms with Crippen molar-refractivity contribution in [1.82, 2.24) is 0 Å². The van der Waals surface area contributed by atoms with Gasteiger partial charge in [0.1, 0.15) is 0 Å². The van der Waals surface area contributed by atoms with E-state index in [0.29, 0.717) is 16.9 Å². The van der Waals surface area contributed by atoms with Crippen LogP contribution in [-0.2, 0) is 0 Å². The van der Waals surface area contributed by atoms with Crippen molar-refractivity contribution >= 4 is 34.8 Å². The van der Waals surface area contributed by atoms with Gasteiger partial charge in [0, 0.05) is 10.0 Å². The summed E-state index contributed by atoms with van der Waals surface area (Å²) in [5, 5.41) is 1.42. The summed E-state index contributed by atoms with van der Waals surface area (Å²) in [6, 6.07) is 5.52. The molecule has 0 nitrogen and oxygen atoms in total. The van der Waals surface area contributed by atoms with Crippen molar-refractivity contribution in [2.75, 3.05) is 0 Å². The number of hydrogen-bond acceptors (Lipinski definition) is 0. The highest BCUT2D eigenvalue weighted by atomic mass is 35.5. The second-order valence-electron chi connectivity index (χ2n) is 4.64. The summed E-state index contributed by atoms with van der Waals surface area (Å²) in [6.07, 6.45) is 3.73. The van der Waals surface area contributed by atoms with Gasteiger partial charge in [0.2, 0.25) is 0 Å². The number of rotatable bonds is 2. The maximum atomic E-state index is 6.54. The van der Waals surface area contributed by atoms with Crippen LogP contribution in [0.1, 0.15) is 37.1 Å². The molecular weight excluding hydrogens is 263 g/mol. The largest absolute Gasteiger partial charge is 0.117 e. The molecule has 1 aromatic rings. The molecule has 0 bridgehead atoms. The second-order valence-corrected chi connectivity index (χ2v) is 5.95. The highest BCUT2D eigenvalue weighted by Crippen LogP contribution is 2.45. The average molecular weight is 278 g/mol.